The van der Waals surface area contributed by atoms with Crippen LogP contribution in [0.4, 0.5) is 13.2 Å². The monoisotopic (exact) mass is 259 g/mol. The van der Waals surface area contributed by atoms with Gasteiger partial charge in [-0.1, -0.05) is 0 Å². The third-order valence-corrected chi connectivity index (χ3v) is 2.96. The van der Waals surface area contributed by atoms with E-state index in [1.54, 1.807) is 0 Å². The normalized spacial score (nSPS) is 23.0. The van der Waals surface area contributed by atoms with E-state index in [1.807, 2.05) is 0 Å². The molecule has 0 aromatic heterocycles. The van der Waals surface area contributed by atoms with E-state index < -0.39 is 35.9 Å². The molecule has 1 unspecified atom stereocenters. The molecule has 1 N–H and O–H groups in total. The van der Waals surface area contributed by atoms with Gasteiger partial charge in [0.1, 0.15) is 5.38 Å². The van der Waals surface area contributed by atoms with Crippen LogP contribution < -0.4 is 0 Å². The average Bonchev–Trinajstić information content (AvgIpc) is 2.16. The number of hydrogen-bond acceptors (Lipinski definition) is 2. The molecule has 0 bridgehead atoms. The Labute approximate surface area is 96.2 Å². The van der Waals surface area contributed by atoms with Crippen molar-refractivity contribution in [2.24, 2.45) is 0 Å². The summed E-state index contributed by atoms with van der Waals surface area (Å²) >= 11 is 5.55. The van der Waals surface area contributed by atoms with Crippen molar-refractivity contribution in [2.75, 3.05) is 13.1 Å². The van der Waals surface area contributed by atoms with Crippen molar-refractivity contribution in [3.05, 3.63) is 0 Å². The Morgan fingerprint density at radius 2 is 1.88 bits per heavy atom. The minimum absolute atomic E-state index is 0.119. The average molecular weight is 260 g/mol. The first-order valence-electron chi connectivity index (χ1n) is 4.89. The van der Waals surface area contributed by atoms with Crippen molar-refractivity contribution >= 4 is 17.5 Å². The second-order valence-corrected chi connectivity index (χ2v) is 4.63. The molecule has 7 heteroatoms. The Morgan fingerprint density at radius 1 is 1.44 bits per heavy atom. The molecule has 0 spiro atoms. The summed E-state index contributed by atoms with van der Waals surface area (Å²) < 4.78 is 37.3. The van der Waals surface area contributed by atoms with Gasteiger partial charge < -0.3 is 10.0 Å². The number of amides is 1. The van der Waals surface area contributed by atoms with Gasteiger partial charge in [0, 0.05) is 25.9 Å². The molecule has 3 nitrogen and oxygen atoms in total. The molecule has 1 atom stereocenters. The summed E-state index contributed by atoms with van der Waals surface area (Å²) in [6.07, 6.45) is -5.63. The molecule has 0 aromatic carbocycles. The van der Waals surface area contributed by atoms with Crippen molar-refractivity contribution < 1.29 is 23.1 Å². The van der Waals surface area contributed by atoms with Crippen LogP contribution in [0.1, 0.15) is 19.8 Å². The summed E-state index contributed by atoms with van der Waals surface area (Å²) in [6, 6.07) is 0. The molecule has 1 heterocycles. The summed E-state index contributed by atoms with van der Waals surface area (Å²) in [5.41, 5.74) is -2.67. The zero-order valence-corrected chi connectivity index (χ0v) is 9.48. The number of likely N-dealkylation sites (tertiary alicyclic amines) is 1. The quantitative estimate of drug-likeness (QED) is 0.726. The van der Waals surface area contributed by atoms with Crippen molar-refractivity contribution in [3.63, 3.8) is 0 Å². The number of carbonyl (C=O) groups excluding carboxylic acids is 1. The molecule has 1 aliphatic rings. The zero-order valence-electron chi connectivity index (χ0n) is 8.72. The van der Waals surface area contributed by atoms with Crippen molar-refractivity contribution in [3.8, 4) is 0 Å². The molecule has 1 amide bonds. The van der Waals surface area contributed by atoms with Gasteiger partial charge in [-0.25, -0.2) is 0 Å². The zero-order chi connectivity index (χ0) is 12.6. The fourth-order valence-electron chi connectivity index (χ4n) is 1.63. The molecule has 0 aliphatic carbocycles. The predicted octanol–water partition coefficient (Wildman–Crippen LogP) is 1.53. The van der Waals surface area contributed by atoms with E-state index in [0.717, 1.165) is 0 Å². The molecule has 1 rings (SSSR count). The third kappa shape index (κ3) is 2.60. The van der Waals surface area contributed by atoms with Gasteiger partial charge in [0.25, 0.3) is 0 Å². The Morgan fingerprint density at radius 3 is 2.19 bits per heavy atom. The van der Waals surface area contributed by atoms with Crippen LogP contribution in [0.2, 0.25) is 0 Å². The lowest BCUT2D eigenvalue weighted by Crippen LogP contribution is -2.55. The van der Waals surface area contributed by atoms with Crippen LogP contribution in [0.3, 0.4) is 0 Å². The Hall–Kier alpha value is -0.490. The first-order valence-corrected chi connectivity index (χ1v) is 5.33. The van der Waals surface area contributed by atoms with Gasteiger partial charge in [-0.15, -0.1) is 11.6 Å². The van der Waals surface area contributed by atoms with E-state index >= 15 is 0 Å². The summed E-state index contributed by atoms with van der Waals surface area (Å²) in [6.45, 7) is 1.23. The Bertz CT molecular complexity index is 272. The summed E-state index contributed by atoms with van der Waals surface area (Å²) in [7, 11) is 0. The molecule has 0 saturated carbocycles. The van der Waals surface area contributed by atoms with E-state index in [1.165, 1.54) is 11.8 Å². The van der Waals surface area contributed by atoms with Crippen LogP contribution in [-0.4, -0.2) is 46.2 Å². The number of carbonyl (C=O) groups is 1. The van der Waals surface area contributed by atoms with E-state index in [0.29, 0.717) is 0 Å². The first kappa shape index (κ1) is 13.6. The summed E-state index contributed by atoms with van der Waals surface area (Å²) in [4.78, 5) is 12.6. The Kier molecular flexibility index (Phi) is 3.74. The lowest BCUT2D eigenvalue weighted by molar-refractivity contribution is -0.272. The SMILES string of the molecule is CC(Cl)C(=O)N1CCC(O)(C(F)(F)F)CC1. The van der Waals surface area contributed by atoms with Crippen LogP contribution in [0.15, 0.2) is 0 Å². The highest BCUT2D eigenvalue weighted by Gasteiger charge is 2.54. The minimum Gasteiger partial charge on any atom is -0.380 e. The van der Waals surface area contributed by atoms with E-state index in [4.69, 9.17) is 11.6 Å². The molecule has 0 aromatic rings. The van der Waals surface area contributed by atoms with Crippen LogP contribution in [0.25, 0.3) is 0 Å². The number of alkyl halides is 4. The summed E-state index contributed by atoms with van der Waals surface area (Å²) in [5, 5.41) is 8.60. The van der Waals surface area contributed by atoms with Crippen molar-refractivity contribution in [1.82, 2.24) is 4.90 Å². The van der Waals surface area contributed by atoms with Gasteiger partial charge in [0.2, 0.25) is 5.91 Å². The van der Waals surface area contributed by atoms with Crippen LogP contribution in [-0.2, 0) is 4.79 Å². The Balaban J connectivity index is 2.61. The minimum atomic E-state index is -4.64. The van der Waals surface area contributed by atoms with E-state index in [9.17, 15) is 23.1 Å². The summed E-state index contributed by atoms with van der Waals surface area (Å²) in [5.74, 6) is -0.397. The molecule has 0 radical (unpaired) electrons. The molecule has 94 valence electrons. The number of halogens is 4. The molecular weight excluding hydrogens is 247 g/mol. The second kappa shape index (κ2) is 4.41. The largest absolute Gasteiger partial charge is 0.417 e. The number of rotatable bonds is 1. The van der Waals surface area contributed by atoms with Gasteiger partial charge >= 0.3 is 6.18 Å². The van der Waals surface area contributed by atoms with Crippen LogP contribution in [0.5, 0.6) is 0 Å². The van der Waals surface area contributed by atoms with E-state index in [2.05, 4.69) is 0 Å². The smallest absolute Gasteiger partial charge is 0.380 e. The first-order chi connectivity index (χ1) is 7.17. The molecular formula is C9H13ClF3NO2. The molecule has 1 saturated heterocycles. The molecule has 1 fully saturated rings. The fraction of sp³-hybridized carbons (Fsp3) is 0.889. The maximum atomic E-state index is 12.4. The van der Waals surface area contributed by atoms with Gasteiger partial charge in [0.15, 0.2) is 5.60 Å². The van der Waals surface area contributed by atoms with E-state index in [-0.39, 0.29) is 13.1 Å². The fourth-order valence-corrected chi connectivity index (χ4v) is 1.77. The highest BCUT2D eigenvalue weighted by atomic mass is 35.5. The van der Waals surface area contributed by atoms with Gasteiger partial charge in [0.05, 0.1) is 0 Å². The number of hydrogen-bond donors (Lipinski definition) is 1. The lowest BCUT2D eigenvalue weighted by Gasteiger charge is -2.39. The molecule has 1 aliphatic heterocycles. The van der Waals surface area contributed by atoms with Crippen molar-refractivity contribution in [1.29, 1.82) is 0 Å². The highest BCUT2D eigenvalue weighted by Crippen LogP contribution is 2.38. The number of aliphatic hydroxyl groups is 1. The lowest BCUT2D eigenvalue weighted by atomic mass is 9.90. The number of piperidine rings is 1. The number of nitrogens with zero attached hydrogens (tertiary/aromatic N) is 1. The van der Waals surface area contributed by atoms with Crippen LogP contribution >= 0.6 is 11.6 Å². The maximum Gasteiger partial charge on any atom is 0.417 e. The van der Waals surface area contributed by atoms with Crippen molar-refractivity contribution in [2.45, 2.75) is 36.9 Å². The topological polar surface area (TPSA) is 40.5 Å². The van der Waals surface area contributed by atoms with Gasteiger partial charge in [-0.3, -0.25) is 4.79 Å². The standard InChI is InChI=1S/C9H13ClF3NO2/c1-6(10)7(15)14-4-2-8(16,3-5-14)9(11,12)13/h6,16H,2-5H2,1H3. The van der Waals surface area contributed by atoms with Crippen LogP contribution in [0, 0.1) is 0 Å². The second-order valence-electron chi connectivity index (χ2n) is 3.97. The van der Waals surface area contributed by atoms with Gasteiger partial charge in [-0.05, 0) is 6.92 Å². The van der Waals surface area contributed by atoms with Gasteiger partial charge in [-0.2, -0.15) is 13.2 Å². The third-order valence-electron chi connectivity index (χ3n) is 2.77. The predicted molar refractivity (Wildman–Crippen MR) is 52.1 cm³/mol. The molecule has 16 heavy (non-hydrogen) atoms. The maximum absolute atomic E-state index is 12.4. The highest BCUT2D eigenvalue weighted by molar-refractivity contribution is 6.30.